The van der Waals surface area contributed by atoms with Crippen LogP contribution in [-0.2, 0) is 6.54 Å². The van der Waals surface area contributed by atoms with Gasteiger partial charge in [0.25, 0.3) is 0 Å². The first kappa shape index (κ1) is 13.7. The minimum absolute atomic E-state index is 0.0363. The first-order valence-electron chi connectivity index (χ1n) is 5.26. The summed E-state index contributed by atoms with van der Waals surface area (Å²) in [7, 11) is 5.49. The third-order valence-electron chi connectivity index (χ3n) is 2.13. The fourth-order valence-corrected chi connectivity index (χ4v) is 1.89. The number of aliphatic hydroxyl groups excluding tert-OH is 1. The number of amides is 2. The Morgan fingerprint density at radius 3 is 2.76 bits per heavy atom. The highest BCUT2D eigenvalue weighted by atomic mass is 32.1. The summed E-state index contributed by atoms with van der Waals surface area (Å²) in [5, 5.41) is 14.3. The van der Waals surface area contributed by atoms with Gasteiger partial charge in [-0.05, 0) is 0 Å². The van der Waals surface area contributed by atoms with Gasteiger partial charge in [-0.25, -0.2) is 9.78 Å². The molecule has 96 valence electrons. The number of aliphatic hydroxyl groups is 1. The Labute approximate surface area is 105 Å². The van der Waals surface area contributed by atoms with Crippen molar-refractivity contribution in [2.75, 3.05) is 39.2 Å². The van der Waals surface area contributed by atoms with E-state index in [0.717, 1.165) is 10.8 Å². The largest absolute Gasteiger partial charge is 0.395 e. The maximum Gasteiger partial charge on any atom is 0.317 e. The number of nitrogens with one attached hydrogen (secondary N) is 1. The minimum atomic E-state index is -0.210. The van der Waals surface area contributed by atoms with Crippen LogP contribution in [-0.4, -0.2) is 55.3 Å². The standard InChI is InChI=1S/C10H18N4O2S/c1-13(2)10-12-8(7-17-10)6-11-9(16)14(3)4-5-15/h7,15H,4-6H2,1-3H3,(H,11,16). The van der Waals surface area contributed by atoms with Gasteiger partial charge in [0.2, 0.25) is 0 Å². The average molecular weight is 258 g/mol. The quantitative estimate of drug-likeness (QED) is 0.799. The van der Waals surface area contributed by atoms with Gasteiger partial charge in [0.15, 0.2) is 5.13 Å². The Morgan fingerprint density at radius 1 is 1.53 bits per heavy atom. The lowest BCUT2D eigenvalue weighted by Gasteiger charge is -2.15. The van der Waals surface area contributed by atoms with E-state index in [0.29, 0.717) is 13.1 Å². The summed E-state index contributed by atoms with van der Waals surface area (Å²) in [6.07, 6.45) is 0. The summed E-state index contributed by atoms with van der Waals surface area (Å²) < 4.78 is 0. The lowest BCUT2D eigenvalue weighted by molar-refractivity contribution is 0.190. The van der Waals surface area contributed by atoms with Crippen LogP contribution in [0.2, 0.25) is 0 Å². The van der Waals surface area contributed by atoms with E-state index >= 15 is 0 Å². The topological polar surface area (TPSA) is 68.7 Å². The van der Waals surface area contributed by atoms with E-state index in [1.54, 1.807) is 7.05 Å². The monoisotopic (exact) mass is 258 g/mol. The number of urea groups is 1. The molecule has 1 rings (SSSR count). The van der Waals surface area contributed by atoms with E-state index in [1.165, 1.54) is 16.2 Å². The number of hydrogen-bond acceptors (Lipinski definition) is 5. The second kappa shape index (κ2) is 6.41. The van der Waals surface area contributed by atoms with Gasteiger partial charge in [-0.1, -0.05) is 0 Å². The molecule has 1 heterocycles. The van der Waals surface area contributed by atoms with Gasteiger partial charge in [-0.2, -0.15) is 0 Å². The fourth-order valence-electron chi connectivity index (χ4n) is 1.14. The zero-order chi connectivity index (χ0) is 12.8. The van der Waals surface area contributed by atoms with Crippen LogP contribution in [0.25, 0.3) is 0 Å². The van der Waals surface area contributed by atoms with Crippen molar-refractivity contribution in [1.29, 1.82) is 0 Å². The van der Waals surface area contributed by atoms with Crippen LogP contribution in [0.15, 0.2) is 5.38 Å². The Balaban J connectivity index is 2.41. The molecule has 0 unspecified atom stereocenters. The van der Waals surface area contributed by atoms with Crippen LogP contribution in [0.1, 0.15) is 5.69 Å². The average Bonchev–Trinajstić information content (AvgIpc) is 2.75. The van der Waals surface area contributed by atoms with E-state index in [1.807, 2.05) is 24.4 Å². The molecule has 0 saturated carbocycles. The summed E-state index contributed by atoms with van der Waals surface area (Å²) in [6.45, 7) is 0.691. The van der Waals surface area contributed by atoms with Crippen molar-refractivity contribution < 1.29 is 9.90 Å². The van der Waals surface area contributed by atoms with Gasteiger partial charge >= 0.3 is 6.03 Å². The lowest BCUT2D eigenvalue weighted by atomic mass is 10.5. The summed E-state index contributed by atoms with van der Waals surface area (Å²) >= 11 is 1.54. The summed E-state index contributed by atoms with van der Waals surface area (Å²) in [5.74, 6) is 0. The predicted molar refractivity (Wildman–Crippen MR) is 68.4 cm³/mol. The van der Waals surface area contributed by atoms with Gasteiger partial charge in [0, 0.05) is 33.1 Å². The molecular weight excluding hydrogens is 240 g/mol. The zero-order valence-corrected chi connectivity index (χ0v) is 11.1. The highest BCUT2D eigenvalue weighted by Crippen LogP contribution is 2.17. The molecule has 1 aromatic heterocycles. The summed E-state index contributed by atoms with van der Waals surface area (Å²) in [4.78, 5) is 19.2. The van der Waals surface area contributed by atoms with E-state index in [-0.39, 0.29) is 12.6 Å². The van der Waals surface area contributed by atoms with Crippen molar-refractivity contribution in [1.82, 2.24) is 15.2 Å². The predicted octanol–water partition coefficient (Wildman–Crippen LogP) is 0.343. The Kier molecular flexibility index (Phi) is 5.17. The number of carbonyl (C=O) groups is 1. The molecule has 6 nitrogen and oxygen atoms in total. The van der Waals surface area contributed by atoms with Crippen molar-refractivity contribution in [2.24, 2.45) is 0 Å². The highest BCUT2D eigenvalue weighted by molar-refractivity contribution is 7.13. The van der Waals surface area contributed by atoms with Crippen LogP contribution >= 0.6 is 11.3 Å². The molecule has 0 spiro atoms. The van der Waals surface area contributed by atoms with Gasteiger partial charge in [-0.3, -0.25) is 0 Å². The normalized spacial score (nSPS) is 10.1. The summed E-state index contributed by atoms with van der Waals surface area (Å²) in [5.41, 5.74) is 0.837. The van der Waals surface area contributed by atoms with Crippen LogP contribution in [0, 0.1) is 0 Å². The van der Waals surface area contributed by atoms with Crippen molar-refractivity contribution in [3.8, 4) is 0 Å². The first-order valence-corrected chi connectivity index (χ1v) is 6.14. The molecule has 0 radical (unpaired) electrons. The smallest absolute Gasteiger partial charge is 0.317 e. The molecule has 0 aliphatic heterocycles. The summed E-state index contributed by atoms with van der Waals surface area (Å²) in [6, 6.07) is -0.210. The van der Waals surface area contributed by atoms with Crippen LogP contribution in [0.4, 0.5) is 9.93 Å². The SMILES string of the molecule is CN(CCO)C(=O)NCc1csc(N(C)C)n1. The zero-order valence-electron chi connectivity index (χ0n) is 10.3. The van der Waals surface area contributed by atoms with Gasteiger partial charge in [0.05, 0.1) is 18.8 Å². The maximum atomic E-state index is 11.5. The third kappa shape index (κ3) is 4.20. The van der Waals surface area contributed by atoms with Gasteiger partial charge in [0.1, 0.15) is 0 Å². The molecule has 2 amide bonds. The van der Waals surface area contributed by atoms with Crippen molar-refractivity contribution in [3.05, 3.63) is 11.1 Å². The number of likely N-dealkylation sites (N-methyl/N-ethyl adjacent to an activating group) is 1. The van der Waals surface area contributed by atoms with Crippen molar-refractivity contribution in [2.45, 2.75) is 6.54 Å². The number of thiazole rings is 1. The highest BCUT2D eigenvalue weighted by Gasteiger charge is 2.08. The molecule has 0 atom stereocenters. The maximum absolute atomic E-state index is 11.5. The molecule has 0 aliphatic rings. The number of nitrogens with zero attached hydrogens (tertiary/aromatic N) is 3. The van der Waals surface area contributed by atoms with E-state index in [9.17, 15) is 4.79 Å². The molecule has 0 fully saturated rings. The molecule has 7 heteroatoms. The number of carbonyl (C=O) groups excluding carboxylic acids is 1. The van der Waals surface area contributed by atoms with E-state index < -0.39 is 0 Å². The molecule has 1 aromatic rings. The Bertz CT molecular complexity index is 367. The lowest BCUT2D eigenvalue weighted by Crippen LogP contribution is -2.38. The molecule has 17 heavy (non-hydrogen) atoms. The number of rotatable bonds is 5. The van der Waals surface area contributed by atoms with E-state index in [4.69, 9.17) is 5.11 Å². The molecule has 0 aromatic carbocycles. The van der Waals surface area contributed by atoms with Crippen molar-refractivity contribution >= 4 is 22.5 Å². The van der Waals surface area contributed by atoms with Crippen LogP contribution < -0.4 is 10.2 Å². The van der Waals surface area contributed by atoms with Crippen LogP contribution in [0.3, 0.4) is 0 Å². The second-order valence-electron chi connectivity index (χ2n) is 3.82. The number of hydrogen-bond donors (Lipinski definition) is 2. The van der Waals surface area contributed by atoms with E-state index in [2.05, 4.69) is 10.3 Å². The Hall–Kier alpha value is -1.34. The second-order valence-corrected chi connectivity index (χ2v) is 4.66. The van der Waals surface area contributed by atoms with Crippen LogP contribution in [0.5, 0.6) is 0 Å². The number of aromatic nitrogens is 1. The van der Waals surface area contributed by atoms with Gasteiger partial charge in [-0.15, -0.1) is 11.3 Å². The Morgan fingerprint density at radius 2 is 2.24 bits per heavy atom. The fraction of sp³-hybridized carbons (Fsp3) is 0.600. The molecule has 2 N–H and O–H groups in total. The van der Waals surface area contributed by atoms with Gasteiger partial charge < -0.3 is 20.2 Å². The number of anilines is 1. The minimum Gasteiger partial charge on any atom is -0.395 e. The first-order chi connectivity index (χ1) is 8.04. The van der Waals surface area contributed by atoms with Crippen molar-refractivity contribution in [3.63, 3.8) is 0 Å². The molecule has 0 bridgehead atoms. The molecular formula is C10H18N4O2S. The molecule has 0 aliphatic carbocycles. The third-order valence-corrected chi connectivity index (χ3v) is 3.18. The molecule has 0 saturated heterocycles.